The summed E-state index contributed by atoms with van der Waals surface area (Å²) < 4.78 is 6.57. The smallest absolute Gasteiger partial charge is 0.297 e. The lowest BCUT2D eigenvalue weighted by Gasteiger charge is -2.06. The zero-order chi connectivity index (χ0) is 13.9. The highest BCUT2D eigenvalue weighted by molar-refractivity contribution is 5.83. The summed E-state index contributed by atoms with van der Waals surface area (Å²) in [5, 5.41) is 7.72. The number of aromatic amines is 1. The van der Waals surface area contributed by atoms with Crippen molar-refractivity contribution >= 4 is 16.6 Å². The van der Waals surface area contributed by atoms with Crippen molar-refractivity contribution in [3.05, 3.63) is 59.1 Å². The van der Waals surface area contributed by atoms with Crippen molar-refractivity contribution in [2.75, 3.05) is 7.05 Å². The molecule has 0 aliphatic heterocycles. The maximum atomic E-state index is 11.6. The minimum absolute atomic E-state index is 0.418. The van der Waals surface area contributed by atoms with Crippen LogP contribution in [0.4, 0.5) is 5.69 Å². The molecule has 3 rings (SSSR count). The fraction of sp³-hybridized carbons (Fsp3) is 0.133. The standard InChI is InChI=1S/C15H14N3O2/c1-18(19)14-7-12-9-16-17-13(12)8-15(14)20-10-11-5-3-2-4-6-11/h2-9H,10H2,1H3,(H,16,17)/q+1. The van der Waals surface area contributed by atoms with E-state index in [1.54, 1.807) is 18.3 Å². The van der Waals surface area contributed by atoms with E-state index in [1.165, 1.54) is 7.05 Å². The second kappa shape index (κ2) is 5.13. The first-order chi connectivity index (χ1) is 9.74. The highest BCUT2D eigenvalue weighted by Gasteiger charge is 2.18. The summed E-state index contributed by atoms with van der Waals surface area (Å²) in [6.45, 7) is 0.418. The minimum Gasteiger partial charge on any atom is -0.482 e. The van der Waals surface area contributed by atoms with Crippen LogP contribution in [0.2, 0.25) is 0 Å². The van der Waals surface area contributed by atoms with Gasteiger partial charge < -0.3 is 4.74 Å². The van der Waals surface area contributed by atoms with Gasteiger partial charge >= 0.3 is 0 Å². The van der Waals surface area contributed by atoms with Gasteiger partial charge in [-0.3, -0.25) is 5.10 Å². The number of nitrogens with one attached hydrogen (secondary N) is 1. The number of fused-ring (bicyclic) bond motifs is 1. The maximum absolute atomic E-state index is 11.6. The van der Waals surface area contributed by atoms with Crippen LogP contribution in [0.1, 0.15) is 5.56 Å². The number of hydrogen-bond acceptors (Lipinski definition) is 3. The first-order valence-electron chi connectivity index (χ1n) is 6.29. The molecule has 0 atom stereocenters. The van der Waals surface area contributed by atoms with Gasteiger partial charge in [-0.2, -0.15) is 5.10 Å². The maximum Gasteiger partial charge on any atom is 0.297 e. The van der Waals surface area contributed by atoms with E-state index in [9.17, 15) is 4.91 Å². The summed E-state index contributed by atoms with van der Waals surface area (Å²) in [4.78, 5) is 11.6. The zero-order valence-electron chi connectivity index (χ0n) is 11.0. The van der Waals surface area contributed by atoms with Gasteiger partial charge in [-0.05, 0) is 5.56 Å². The lowest BCUT2D eigenvalue weighted by molar-refractivity contribution is -0.429. The van der Waals surface area contributed by atoms with Gasteiger partial charge in [0.25, 0.3) is 5.69 Å². The number of aromatic nitrogens is 2. The number of hydrogen-bond donors (Lipinski definition) is 1. The fourth-order valence-corrected chi connectivity index (χ4v) is 2.06. The largest absolute Gasteiger partial charge is 0.482 e. The predicted molar refractivity (Wildman–Crippen MR) is 76.1 cm³/mol. The minimum atomic E-state index is 0.418. The van der Waals surface area contributed by atoms with Gasteiger partial charge in [-0.1, -0.05) is 30.3 Å². The van der Waals surface area contributed by atoms with E-state index in [2.05, 4.69) is 10.2 Å². The van der Waals surface area contributed by atoms with E-state index in [1.807, 2.05) is 30.3 Å². The second-order valence-electron chi connectivity index (χ2n) is 4.55. The summed E-state index contributed by atoms with van der Waals surface area (Å²) in [6, 6.07) is 13.4. The number of nitroso groups, excluding NO2 is 1. The molecule has 0 radical (unpaired) electrons. The van der Waals surface area contributed by atoms with Gasteiger partial charge in [0.1, 0.15) is 6.61 Å². The molecule has 1 N–H and O–H groups in total. The first-order valence-corrected chi connectivity index (χ1v) is 6.29. The highest BCUT2D eigenvalue weighted by Crippen LogP contribution is 2.31. The second-order valence-corrected chi connectivity index (χ2v) is 4.55. The highest BCUT2D eigenvalue weighted by atomic mass is 16.5. The van der Waals surface area contributed by atoms with Crippen LogP contribution in [0.3, 0.4) is 0 Å². The number of nitrogens with zero attached hydrogens (tertiary/aromatic N) is 2. The molecule has 0 spiro atoms. The Morgan fingerprint density at radius 3 is 2.80 bits per heavy atom. The van der Waals surface area contributed by atoms with Crippen molar-refractivity contribution in [3.8, 4) is 5.75 Å². The summed E-state index contributed by atoms with van der Waals surface area (Å²) >= 11 is 0. The van der Waals surface area contributed by atoms with E-state index in [0.717, 1.165) is 21.2 Å². The van der Waals surface area contributed by atoms with Crippen molar-refractivity contribution in [1.29, 1.82) is 0 Å². The monoisotopic (exact) mass is 268 g/mol. The molecule has 5 nitrogen and oxygen atoms in total. The molecule has 0 unspecified atom stereocenters. The predicted octanol–water partition coefficient (Wildman–Crippen LogP) is 3.18. The van der Waals surface area contributed by atoms with Crippen molar-refractivity contribution in [1.82, 2.24) is 10.2 Å². The van der Waals surface area contributed by atoms with Gasteiger partial charge in [0.2, 0.25) is 0 Å². The van der Waals surface area contributed by atoms with E-state index in [0.29, 0.717) is 18.0 Å². The Labute approximate surface area is 115 Å². The molecule has 1 heterocycles. The van der Waals surface area contributed by atoms with Crippen LogP contribution in [0, 0.1) is 4.91 Å². The molecular weight excluding hydrogens is 254 g/mol. The van der Waals surface area contributed by atoms with Crippen LogP contribution in [-0.4, -0.2) is 22.0 Å². The molecule has 3 aromatic rings. The molecule has 0 amide bonds. The third-order valence-corrected chi connectivity index (χ3v) is 3.10. The number of H-pyrrole nitrogens is 1. The molecule has 2 aromatic carbocycles. The molecule has 0 bridgehead atoms. The molecule has 20 heavy (non-hydrogen) atoms. The lowest BCUT2D eigenvalue weighted by Crippen LogP contribution is -2.00. The van der Waals surface area contributed by atoms with Crippen molar-refractivity contribution < 1.29 is 9.50 Å². The van der Waals surface area contributed by atoms with Crippen molar-refractivity contribution in [3.63, 3.8) is 0 Å². The summed E-state index contributed by atoms with van der Waals surface area (Å²) in [7, 11) is 1.45. The topological polar surface area (TPSA) is 58.0 Å². The van der Waals surface area contributed by atoms with Gasteiger partial charge in [-0.15, -0.1) is 0 Å². The van der Waals surface area contributed by atoms with E-state index >= 15 is 0 Å². The van der Waals surface area contributed by atoms with Crippen LogP contribution >= 0.6 is 0 Å². The van der Waals surface area contributed by atoms with Crippen LogP contribution in [0.5, 0.6) is 5.75 Å². The molecule has 100 valence electrons. The number of benzene rings is 2. The Kier molecular flexibility index (Phi) is 3.16. The van der Waals surface area contributed by atoms with Crippen molar-refractivity contribution in [2.45, 2.75) is 6.61 Å². The third kappa shape index (κ3) is 2.38. The van der Waals surface area contributed by atoms with Gasteiger partial charge in [0, 0.05) is 27.2 Å². The quantitative estimate of drug-likeness (QED) is 0.739. The molecule has 0 saturated heterocycles. The molecule has 0 aliphatic carbocycles. The number of ether oxygens (including phenoxy) is 1. The third-order valence-electron chi connectivity index (χ3n) is 3.10. The lowest BCUT2D eigenvalue weighted by atomic mass is 10.2. The van der Waals surface area contributed by atoms with Crippen LogP contribution < -0.4 is 4.74 Å². The fourth-order valence-electron chi connectivity index (χ4n) is 2.06. The Balaban J connectivity index is 1.92. The Morgan fingerprint density at radius 2 is 2.05 bits per heavy atom. The van der Waals surface area contributed by atoms with E-state index in [-0.39, 0.29) is 0 Å². The Morgan fingerprint density at radius 1 is 1.25 bits per heavy atom. The van der Waals surface area contributed by atoms with Gasteiger partial charge in [0.05, 0.1) is 11.7 Å². The molecule has 0 fully saturated rings. The number of rotatable bonds is 4. The average molecular weight is 268 g/mol. The molecule has 0 aliphatic rings. The summed E-state index contributed by atoms with van der Waals surface area (Å²) in [5.74, 6) is 0.545. The van der Waals surface area contributed by atoms with Crippen molar-refractivity contribution in [2.24, 2.45) is 0 Å². The SMILES string of the molecule is C[N+](=O)c1cc2cn[nH]c2cc1OCc1ccccc1. The van der Waals surface area contributed by atoms with Crippen LogP contribution in [-0.2, 0) is 6.61 Å². The Hall–Kier alpha value is -2.69. The Bertz CT molecular complexity index is 750. The molecule has 1 aromatic heterocycles. The summed E-state index contributed by atoms with van der Waals surface area (Å²) in [5.41, 5.74) is 2.39. The first kappa shape index (κ1) is 12.3. The average Bonchev–Trinajstić information content (AvgIpc) is 2.92. The van der Waals surface area contributed by atoms with Crippen LogP contribution in [0.15, 0.2) is 48.7 Å². The zero-order valence-corrected chi connectivity index (χ0v) is 11.0. The van der Waals surface area contributed by atoms with Gasteiger partial charge in [-0.25, -0.2) is 0 Å². The van der Waals surface area contributed by atoms with Gasteiger partial charge in [0.15, 0.2) is 12.8 Å². The van der Waals surface area contributed by atoms with E-state index < -0.39 is 0 Å². The van der Waals surface area contributed by atoms with E-state index in [4.69, 9.17) is 4.74 Å². The van der Waals surface area contributed by atoms with Crippen LogP contribution in [0.25, 0.3) is 10.9 Å². The molecule has 5 heteroatoms. The molecular formula is C15H14N3O2+. The normalized spacial score (nSPS) is 10.7. The molecule has 0 saturated carbocycles. The summed E-state index contributed by atoms with van der Waals surface area (Å²) in [6.07, 6.45) is 1.68.